The minimum Gasteiger partial charge on any atom is -0.497 e. The molecule has 5 nitrogen and oxygen atoms in total. The van der Waals surface area contributed by atoms with Gasteiger partial charge in [-0.1, -0.05) is 12.1 Å². The number of ether oxygens (including phenoxy) is 1. The summed E-state index contributed by atoms with van der Waals surface area (Å²) in [5, 5.41) is 0.938. The van der Waals surface area contributed by atoms with E-state index in [-0.39, 0.29) is 5.63 Å². The fourth-order valence-electron chi connectivity index (χ4n) is 4.07. The summed E-state index contributed by atoms with van der Waals surface area (Å²) in [6.45, 7) is 7.97. The molecular weight excluding hydrogens is 352 g/mol. The van der Waals surface area contributed by atoms with Crippen LogP contribution in [-0.2, 0) is 6.54 Å². The molecule has 0 bridgehead atoms. The molecule has 0 amide bonds. The Morgan fingerprint density at radius 2 is 2.00 bits per heavy atom. The van der Waals surface area contributed by atoms with Gasteiger partial charge in [-0.3, -0.25) is 4.90 Å². The monoisotopic (exact) mass is 378 g/mol. The van der Waals surface area contributed by atoms with Crippen molar-refractivity contribution in [1.29, 1.82) is 0 Å². The predicted octanol–water partition coefficient (Wildman–Crippen LogP) is 3.82. The third-order valence-electron chi connectivity index (χ3n) is 5.47. The van der Waals surface area contributed by atoms with E-state index in [1.807, 2.05) is 12.1 Å². The molecule has 146 valence electrons. The van der Waals surface area contributed by atoms with Gasteiger partial charge in [0, 0.05) is 49.4 Å². The van der Waals surface area contributed by atoms with Gasteiger partial charge in [-0.15, -0.1) is 0 Å². The average molecular weight is 378 g/mol. The van der Waals surface area contributed by atoms with Gasteiger partial charge in [0.1, 0.15) is 11.3 Å². The maximum Gasteiger partial charge on any atom is 0.336 e. The highest BCUT2D eigenvalue weighted by Gasteiger charge is 2.24. The van der Waals surface area contributed by atoms with Gasteiger partial charge in [-0.05, 0) is 55.3 Å². The van der Waals surface area contributed by atoms with Crippen molar-refractivity contribution in [3.8, 4) is 5.75 Å². The van der Waals surface area contributed by atoms with Crippen molar-refractivity contribution in [2.75, 3.05) is 31.6 Å². The normalized spacial score (nSPS) is 17.8. The van der Waals surface area contributed by atoms with Crippen molar-refractivity contribution in [1.82, 2.24) is 4.90 Å². The fourth-order valence-corrected chi connectivity index (χ4v) is 4.07. The molecule has 3 aromatic rings. The number of methoxy groups -OCH3 is 1. The van der Waals surface area contributed by atoms with Crippen molar-refractivity contribution in [2.24, 2.45) is 0 Å². The smallest absolute Gasteiger partial charge is 0.336 e. The SMILES string of the molecule is COc1ccc2oc(=O)cc(CN3CCN(c4cccc(C)c4)[C@@H](C)C3)c2c1. The van der Waals surface area contributed by atoms with Gasteiger partial charge in [-0.2, -0.15) is 0 Å². The molecule has 28 heavy (non-hydrogen) atoms. The third-order valence-corrected chi connectivity index (χ3v) is 5.47. The first kappa shape index (κ1) is 18.6. The summed E-state index contributed by atoms with van der Waals surface area (Å²) < 4.78 is 10.7. The molecule has 1 aliphatic rings. The molecule has 0 aliphatic carbocycles. The molecule has 0 saturated carbocycles. The molecule has 2 heterocycles. The van der Waals surface area contributed by atoms with Gasteiger partial charge >= 0.3 is 5.63 Å². The highest BCUT2D eigenvalue weighted by Crippen LogP contribution is 2.26. The fraction of sp³-hybridized carbons (Fsp3) is 0.348. The molecular formula is C23H26N2O3. The number of nitrogens with zero attached hydrogens (tertiary/aromatic N) is 2. The minimum absolute atomic E-state index is 0.306. The highest BCUT2D eigenvalue weighted by atomic mass is 16.5. The van der Waals surface area contributed by atoms with Crippen LogP contribution >= 0.6 is 0 Å². The second-order valence-corrected chi connectivity index (χ2v) is 7.57. The lowest BCUT2D eigenvalue weighted by Gasteiger charge is -2.41. The summed E-state index contributed by atoms with van der Waals surface area (Å²) in [4.78, 5) is 16.9. The Balaban J connectivity index is 1.55. The molecule has 4 rings (SSSR count). The Kier molecular flexibility index (Phi) is 5.09. The highest BCUT2D eigenvalue weighted by molar-refractivity contribution is 5.81. The standard InChI is InChI=1S/C23H26N2O3/c1-16-5-4-6-19(11-16)25-10-9-24(14-17(25)2)15-18-12-23(26)28-22-8-7-20(27-3)13-21(18)22/h4-8,11-13,17H,9-10,14-15H2,1-3H3/t17-/m0/s1. The summed E-state index contributed by atoms with van der Waals surface area (Å²) in [6.07, 6.45) is 0. The van der Waals surface area contributed by atoms with Crippen molar-refractivity contribution in [3.05, 3.63) is 70.1 Å². The Hall–Kier alpha value is -2.79. The van der Waals surface area contributed by atoms with Crippen LogP contribution in [0.4, 0.5) is 5.69 Å². The van der Waals surface area contributed by atoms with Crippen LogP contribution < -0.4 is 15.3 Å². The molecule has 5 heteroatoms. The Bertz CT molecular complexity index is 1040. The van der Waals surface area contributed by atoms with E-state index in [0.717, 1.165) is 42.9 Å². The summed E-state index contributed by atoms with van der Waals surface area (Å²) in [7, 11) is 1.64. The number of piperazine rings is 1. The van der Waals surface area contributed by atoms with Crippen LogP contribution in [-0.4, -0.2) is 37.7 Å². The summed E-state index contributed by atoms with van der Waals surface area (Å²) in [5.74, 6) is 0.764. The second kappa shape index (κ2) is 7.68. The van der Waals surface area contributed by atoms with Crippen molar-refractivity contribution in [2.45, 2.75) is 26.4 Å². The van der Waals surface area contributed by atoms with Gasteiger partial charge in [0.25, 0.3) is 0 Å². The average Bonchev–Trinajstić information content (AvgIpc) is 2.67. The maximum atomic E-state index is 12.0. The van der Waals surface area contributed by atoms with Gasteiger partial charge in [0.2, 0.25) is 0 Å². The molecule has 1 fully saturated rings. The topological polar surface area (TPSA) is 45.9 Å². The molecule has 1 atom stereocenters. The van der Waals surface area contributed by atoms with E-state index >= 15 is 0 Å². The van der Waals surface area contributed by atoms with E-state index < -0.39 is 0 Å². The Morgan fingerprint density at radius 3 is 2.75 bits per heavy atom. The first-order valence-electron chi connectivity index (χ1n) is 9.70. The zero-order chi connectivity index (χ0) is 19.7. The van der Waals surface area contributed by atoms with E-state index in [1.165, 1.54) is 11.3 Å². The lowest BCUT2D eigenvalue weighted by atomic mass is 10.1. The minimum atomic E-state index is -0.306. The number of anilines is 1. The van der Waals surface area contributed by atoms with Crippen LogP contribution in [0.15, 0.2) is 57.7 Å². The molecule has 1 aliphatic heterocycles. The molecule has 0 unspecified atom stereocenters. The Morgan fingerprint density at radius 1 is 1.14 bits per heavy atom. The first-order chi connectivity index (χ1) is 13.5. The van der Waals surface area contributed by atoms with Gasteiger partial charge in [0.05, 0.1) is 7.11 Å². The van der Waals surface area contributed by atoms with Crippen LogP contribution in [0.3, 0.4) is 0 Å². The lowest BCUT2D eigenvalue weighted by Crippen LogP contribution is -2.51. The van der Waals surface area contributed by atoms with E-state index in [4.69, 9.17) is 9.15 Å². The molecule has 2 aromatic carbocycles. The summed E-state index contributed by atoms with van der Waals surface area (Å²) in [5.41, 5.74) is 3.85. The number of benzene rings is 2. The molecule has 0 N–H and O–H groups in total. The van der Waals surface area contributed by atoms with Crippen LogP contribution in [0.5, 0.6) is 5.75 Å². The molecule has 0 radical (unpaired) electrons. The molecule has 1 aromatic heterocycles. The Labute approximate surface area is 165 Å². The van der Waals surface area contributed by atoms with Crippen molar-refractivity contribution < 1.29 is 9.15 Å². The number of hydrogen-bond acceptors (Lipinski definition) is 5. The lowest BCUT2D eigenvalue weighted by molar-refractivity contribution is 0.221. The number of fused-ring (bicyclic) bond motifs is 1. The quantitative estimate of drug-likeness (QED) is 0.646. The number of hydrogen-bond donors (Lipinski definition) is 0. The first-order valence-corrected chi connectivity index (χ1v) is 9.70. The van der Waals surface area contributed by atoms with Gasteiger partial charge in [-0.25, -0.2) is 4.79 Å². The zero-order valence-corrected chi connectivity index (χ0v) is 16.6. The number of rotatable bonds is 4. The molecule has 0 spiro atoms. The van der Waals surface area contributed by atoms with E-state index in [9.17, 15) is 4.79 Å². The molecule has 1 saturated heterocycles. The van der Waals surface area contributed by atoms with Crippen molar-refractivity contribution >= 4 is 16.7 Å². The third kappa shape index (κ3) is 3.76. The van der Waals surface area contributed by atoms with Crippen LogP contribution in [0.2, 0.25) is 0 Å². The van der Waals surface area contributed by atoms with E-state index in [0.29, 0.717) is 11.6 Å². The van der Waals surface area contributed by atoms with E-state index in [1.54, 1.807) is 19.2 Å². The van der Waals surface area contributed by atoms with Gasteiger partial charge in [0.15, 0.2) is 0 Å². The number of aryl methyl sites for hydroxylation is 1. The van der Waals surface area contributed by atoms with Gasteiger partial charge < -0.3 is 14.1 Å². The maximum absolute atomic E-state index is 12.0. The second-order valence-electron chi connectivity index (χ2n) is 7.57. The van der Waals surface area contributed by atoms with E-state index in [2.05, 4.69) is 47.9 Å². The van der Waals surface area contributed by atoms with Crippen LogP contribution in [0.25, 0.3) is 11.0 Å². The largest absolute Gasteiger partial charge is 0.497 e. The zero-order valence-electron chi connectivity index (χ0n) is 16.6. The van der Waals surface area contributed by atoms with Crippen LogP contribution in [0.1, 0.15) is 18.1 Å². The predicted molar refractivity (Wildman–Crippen MR) is 112 cm³/mol. The summed E-state index contributed by atoms with van der Waals surface area (Å²) in [6, 6.07) is 16.2. The summed E-state index contributed by atoms with van der Waals surface area (Å²) >= 11 is 0. The van der Waals surface area contributed by atoms with Crippen molar-refractivity contribution in [3.63, 3.8) is 0 Å². The van der Waals surface area contributed by atoms with Crippen LogP contribution in [0, 0.1) is 6.92 Å².